The number of nitrogens with one attached hydrogen (secondary N) is 1. The molecule has 1 spiro atoms. The lowest BCUT2D eigenvalue weighted by atomic mass is 9.68. The summed E-state index contributed by atoms with van der Waals surface area (Å²) in [6.07, 6.45) is 9.45. The van der Waals surface area contributed by atoms with E-state index in [9.17, 15) is 0 Å². The second kappa shape index (κ2) is 8.35. The topological polar surface area (TPSA) is 45.5 Å². The van der Waals surface area contributed by atoms with Gasteiger partial charge in [0, 0.05) is 45.1 Å². The van der Waals surface area contributed by atoms with E-state index >= 15 is 0 Å². The third-order valence-electron chi connectivity index (χ3n) is 5.10. The van der Waals surface area contributed by atoms with Gasteiger partial charge in [0.2, 0.25) is 0 Å². The lowest BCUT2D eigenvalue weighted by molar-refractivity contribution is 0.151. The summed E-state index contributed by atoms with van der Waals surface area (Å²) in [5, 5.41) is 7.76. The molecule has 1 aliphatic carbocycles. The number of hydrogen-bond donors (Lipinski definition) is 1. The summed E-state index contributed by atoms with van der Waals surface area (Å²) in [7, 11) is 0. The normalized spacial score (nSPS) is 21.0. The number of hydrogen-bond acceptors (Lipinski definition) is 2. The van der Waals surface area contributed by atoms with Gasteiger partial charge in [0.05, 0.1) is 0 Å². The number of nitrogens with zero attached hydrogens (tertiary/aromatic N) is 4. The Morgan fingerprint density at radius 3 is 2.78 bits per heavy atom. The minimum absolute atomic E-state index is 0. The molecule has 0 bridgehead atoms. The fourth-order valence-electron chi connectivity index (χ4n) is 3.65. The van der Waals surface area contributed by atoms with E-state index in [-0.39, 0.29) is 24.0 Å². The van der Waals surface area contributed by atoms with Gasteiger partial charge in [0.15, 0.2) is 5.96 Å². The van der Waals surface area contributed by atoms with Crippen LogP contribution in [0.15, 0.2) is 23.5 Å². The molecule has 2 fully saturated rings. The van der Waals surface area contributed by atoms with Crippen LogP contribution in [0.2, 0.25) is 0 Å². The molecule has 23 heavy (non-hydrogen) atoms. The molecule has 0 aromatic carbocycles. The average Bonchev–Trinajstić information content (AvgIpc) is 3.11. The van der Waals surface area contributed by atoms with Gasteiger partial charge in [-0.1, -0.05) is 13.3 Å². The maximum Gasteiger partial charge on any atom is 0.193 e. The molecule has 1 saturated heterocycles. The monoisotopic (exact) mass is 431 g/mol. The molecule has 1 unspecified atom stereocenters. The Morgan fingerprint density at radius 1 is 1.39 bits per heavy atom. The van der Waals surface area contributed by atoms with Crippen LogP contribution in [-0.4, -0.2) is 46.8 Å². The van der Waals surface area contributed by atoms with Crippen molar-refractivity contribution in [2.24, 2.45) is 16.3 Å². The molecule has 1 atom stereocenters. The number of rotatable bonds is 5. The van der Waals surface area contributed by atoms with Crippen LogP contribution in [-0.2, 0) is 6.54 Å². The zero-order valence-electron chi connectivity index (χ0n) is 14.4. The van der Waals surface area contributed by atoms with Crippen LogP contribution in [0.5, 0.6) is 0 Å². The summed E-state index contributed by atoms with van der Waals surface area (Å²) in [6, 6.07) is 1.97. The highest BCUT2D eigenvalue weighted by molar-refractivity contribution is 14.0. The van der Waals surface area contributed by atoms with Gasteiger partial charge in [-0.25, -0.2) is 0 Å². The van der Waals surface area contributed by atoms with Crippen molar-refractivity contribution < 1.29 is 0 Å². The molecule has 1 saturated carbocycles. The summed E-state index contributed by atoms with van der Waals surface area (Å²) in [6.45, 7) is 9.48. The average molecular weight is 431 g/mol. The molecule has 1 aliphatic heterocycles. The summed E-state index contributed by atoms with van der Waals surface area (Å²) in [4.78, 5) is 7.37. The molecule has 6 heteroatoms. The largest absolute Gasteiger partial charge is 0.357 e. The first-order valence-electron chi connectivity index (χ1n) is 8.71. The van der Waals surface area contributed by atoms with Gasteiger partial charge in [-0.15, -0.1) is 24.0 Å². The van der Waals surface area contributed by atoms with Crippen molar-refractivity contribution in [3.05, 3.63) is 18.5 Å². The summed E-state index contributed by atoms with van der Waals surface area (Å²) < 4.78 is 1.99. The highest BCUT2D eigenvalue weighted by atomic mass is 127. The quantitative estimate of drug-likeness (QED) is 0.443. The molecule has 3 rings (SSSR count). The fraction of sp³-hybridized carbons (Fsp3) is 0.765. The first kappa shape index (κ1) is 18.5. The Kier molecular flexibility index (Phi) is 6.73. The van der Waals surface area contributed by atoms with Crippen LogP contribution in [0.1, 0.15) is 39.5 Å². The van der Waals surface area contributed by atoms with E-state index in [1.54, 1.807) is 0 Å². The molecular weight excluding hydrogens is 401 g/mol. The predicted molar refractivity (Wildman–Crippen MR) is 105 cm³/mol. The maximum absolute atomic E-state index is 4.89. The second-order valence-electron chi connectivity index (χ2n) is 7.05. The number of aromatic nitrogens is 2. The van der Waals surface area contributed by atoms with E-state index in [1.807, 2.05) is 23.1 Å². The van der Waals surface area contributed by atoms with Gasteiger partial charge in [0.25, 0.3) is 0 Å². The van der Waals surface area contributed by atoms with Gasteiger partial charge in [0.1, 0.15) is 0 Å². The summed E-state index contributed by atoms with van der Waals surface area (Å²) in [5.74, 6) is 1.60. The fourth-order valence-corrected chi connectivity index (χ4v) is 3.65. The number of likely N-dealkylation sites (tertiary alicyclic amines) is 1. The summed E-state index contributed by atoms with van der Waals surface area (Å²) in [5.41, 5.74) is 0.622. The van der Waals surface area contributed by atoms with Crippen molar-refractivity contribution >= 4 is 29.9 Å². The Morgan fingerprint density at radius 2 is 2.22 bits per heavy atom. The highest BCUT2D eigenvalue weighted by Crippen LogP contribution is 2.47. The van der Waals surface area contributed by atoms with Crippen molar-refractivity contribution in [3.8, 4) is 0 Å². The molecule has 0 radical (unpaired) electrons. The molecule has 130 valence electrons. The number of guanidine groups is 1. The van der Waals surface area contributed by atoms with E-state index in [1.165, 1.54) is 38.8 Å². The Hall–Kier alpha value is -0.790. The predicted octanol–water partition coefficient (Wildman–Crippen LogP) is 2.98. The molecule has 2 aliphatic rings. The molecule has 1 N–H and O–H groups in total. The Labute approximate surface area is 156 Å². The zero-order valence-corrected chi connectivity index (χ0v) is 16.7. The zero-order chi connectivity index (χ0) is 15.4. The number of aliphatic imine (C=N–C) groups is 1. The van der Waals surface area contributed by atoms with Crippen molar-refractivity contribution in [3.63, 3.8) is 0 Å². The van der Waals surface area contributed by atoms with Crippen molar-refractivity contribution in [2.45, 2.75) is 46.1 Å². The standard InChI is InChI=1S/C17H29N5.HI/c1-3-18-16(21-11-8-17(14-21)6-4-7-17)19-12-15(2)13-22-10-5-9-20-22;/h5,9-10,15H,3-4,6-8,11-14H2,1-2H3,(H,18,19);1H. The third kappa shape index (κ3) is 4.61. The van der Waals surface area contributed by atoms with Crippen molar-refractivity contribution in [2.75, 3.05) is 26.2 Å². The van der Waals surface area contributed by atoms with Crippen LogP contribution in [0, 0.1) is 11.3 Å². The van der Waals surface area contributed by atoms with Crippen LogP contribution >= 0.6 is 24.0 Å². The van der Waals surface area contributed by atoms with Gasteiger partial charge < -0.3 is 10.2 Å². The first-order valence-corrected chi connectivity index (χ1v) is 8.71. The lowest BCUT2D eigenvalue weighted by Crippen LogP contribution is -2.42. The summed E-state index contributed by atoms with van der Waals surface area (Å²) >= 11 is 0. The van der Waals surface area contributed by atoms with Gasteiger partial charge >= 0.3 is 0 Å². The molecular formula is C17H30IN5. The van der Waals surface area contributed by atoms with Crippen molar-refractivity contribution in [1.82, 2.24) is 20.0 Å². The van der Waals surface area contributed by atoms with E-state index in [2.05, 4.69) is 29.2 Å². The van der Waals surface area contributed by atoms with E-state index in [0.29, 0.717) is 11.3 Å². The van der Waals surface area contributed by atoms with Crippen LogP contribution in [0.3, 0.4) is 0 Å². The second-order valence-corrected chi connectivity index (χ2v) is 7.05. The van der Waals surface area contributed by atoms with Crippen LogP contribution in [0.4, 0.5) is 0 Å². The van der Waals surface area contributed by atoms with Crippen LogP contribution < -0.4 is 5.32 Å². The minimum atomic E-state index is 0. The Balaban J connectivity index is 0.00000192. The minimum Gasteiger partial charge on any atom is -0.357 e. The third-order valence-corrected chi connectivity index (χ3v) is 5.10. The van der Waals surface area contributed by atoms with Gasteiger partial charge in [-0.05, 0) is 43.6 Å². The number of halogens is 1. The lowest BCUT2D eigenvalue weighted by Gasteiger charge is -2.38. The van der Waals surface area contributed by atoms with Crippen LogP contribution in [0.25, 0.3) is 0 Å². The SMILES string of the molecule is CCNC(=NCC(C)Cn1cccn1)N1CCC2(CCC2)C1.I. The van der Waals surface area contributed by atoms with E-state index in [4.69, 9.17) is 4.99 Å². The molecule has 1 aromatic rings. The molecule has 0 amide bonds. The molecule has 2 heterocycles. The van der Waals surface area contributed by atoms with Gasteiger partial charge in [-0.3, -0.25) is 9.67 Å². The highest BCUT2D eigenvalue weighted by Gasteiger charge is 2.43. The molecule has 1 aromatic heterocycles. The first-order chi connectivity index (χ1) is 10.7. The van der Waals surface area contributed by atoms with E-state index in [0.717, 1.165) is 25.6 Å². The maximum atomic E-state index is 4.89. The molecule has 5 nitrogen and oxygen atoms in total. The van der Waals surface area contributed by atoms with Crippen molar-refractivity contribution in [1.29, 1.82) is 0 Å². The Bertz CT molecular complexity index is 495. The smallest absolute Gasteiger partial charge is 0.193 e. The van der Waals surface area contributed by atoms with Gasteiger partial charge in [-0.2, -0.15) is 5.10 Å². The van der Waals surface area contributed by atoms with E-state index < -0.39 is 0 Å².